The summed E-state index contributed by atoms with van der Waals surface area (Å²) in [5, 5.41) is 3.42. The number of aromatic nitrogens is 1. The van der Waals surface area contributed by atoms with E-state index in [0.29, 0.717) is 0 Å². The maximum atomic E-state index is 4.23. The molecule has 0 aromatic carbocycles. The average molecular weight is 204 g/mol. The minimum Gasteiger partial charge on any atom is -0.317 e. The van der Waals surface area contributed by atoms with E-state index in [1.54, 1.807) is 0 Å². The smallest absolute Gasteiger partial charge is 0.0305 e. The van der Waals surface area contributed by atoms with Gasteiger partial charge in [0.05, 0.1) is 0 Å². The molecule has 2 rings (SSSR count). The van der Waals surface area contributed by atoms with Gasteiger partial charge >= 0.3 is 0 Å². The molecule has 1 aliphatic rings. The lowest BCUT2D eigenvalue weighted by atomic mass is 9.70. The summed E-state index contributed by atoms with van der Waals surface area (Å²) in [5.41, 5.74) is 1.63. The van der Waals surface area contributed by atoms with Crippen LogP contribution in [0.5, 0.6) is 0 Å². The van der Waals surface area contributed by atoms with Crippen LogP contribution in [0.4, 0.5) is 0 Å². The van der Waals surface area contributed by atoms with Crippen LogP contribution in [0.25, 0.3) is 0 Å². The van der Waals surface area contributed by atoms with E-state index in [4.69, 9.17) is 0 Å². The molecule has 1 aromatic heterocycles. The molecule has 1 aliphatic heterocycles. The summed E-state index contributed by atoms with van der Waals surface area (Å²) < 4.78 is 0. The Labute approximate surface area is 92.1 Å². The molecule has 0 atom stereocenters. The minimum absolute atomic E-state index is 0.260. The van der Waals surface area contributed by atoms with Crippen molar-refractivity contribution in [1.82, 2.24) is 10.3 Å². The number of nitrogens with zero attached hydrogens (tertiary/aromatic N) is 1. The van der Waals surface area contributed by atoms with E-state index >= 15 is 0 Å². The third-order valence-electron chi connectivity index (χ3n) is 3.77. The van der Waals surface area contributed by atoms with Crippen LogP contribution in [-0.2, 0) is 5.41 Å². The highest BCUT2D eigenvalue weighted by molar-refractivity contribution is 5.21. The fourth-order valence-electron chi connectivity index (χ4n) is 2.52. The molecule has 0 aliphatic carbocycles. The Morgan fingerprint density at radius 2 is 2.07 bits per heavy atom. The molecule has 15 heavy (non-hydrogen) atoms. The van der Waals surface area contributed by atoms with Crippen molar-refractivity contribution in [3.63, 3.8) is 0 Å². The van der Waals surface area contributed by atoms with E-state index in [1.807, 2.05) is 18.5 Å². The van der Waals surface area contributed by atoms with Crippen molar-refractivity contribution in [2.24, 2.45) is 5.92 Å². The van der Waals surface area contributed by atoms with Crippen LogP contribution in [0.3, 0.4) is 0 Å². The Kier molecular flexibility index (Phi) is 3.06. The lowest BCUT2D eigenvalue weighted by Gasteiger charge is -2.37. The first-order valence-corrected chi connectivity index (χ1v) is 5.82. The Balaban J connectivity index is 2.18. The van der Waals surface area contributed by atoms with Gasteiger partial charge in [-0.15, -0.1) is 0 Å². The van der Waals surface area contributed by atoms with Crippen molar-refractivity contribution in [2.75, 3.05) is 13.1 Å². The molecule has 0 bridgehead atoms. The zero-order valence-electron chi connectivity index (χ0n) is 9.66. The van der Waals surface area contributed by atoms with E-state index in [0.717, 1.165) is 19.0 Å². The molecular formula is C13H20N2. The summed E-state index contributed by atoms with van der Waals surface area (Å²) in [7, 11) is 0. The molecule has 2 nitrogen and oxygen atoms in total. The van der Waals surface area contributed by atoms with Crippen LogP contribution in [0.15, 0.2) is 24.5 Å². The van der Waals surface area contributed by atoms with Crippen LogP contribution in [0, 0.1) is 5.92 Å². The van der Waals surface area contributed by atoms with Gasteiger partial charge in [-0.2, -0.15) is 0 Å². The second-order valence-electron chi connectivity index (χ2n) is 4.99. The van der Waals surface area contributed by atoms with Gasteiger partial charge in [0, 0.05) is 12.4 Å². The Bertz CT molecular complexity index is 300. The number of hydrogen-bond donors (Lipinski definition) is 1. The van der Waals surface area contributed by atoms with Gasteiger partial charge in [-0.3, -0.25) is 4.98 Å². The maximum absolute atomic E-state index is 4.23. The lowest BCUT2D eigenvalue weighted by molar-refractivity contribution is 0.246. The third kappa shape index (κ3) is 2.20. The standard InChI is InChI=1S/C13H20N2/c1-13(2,11-5-8-14-9-6-11)12-4-3-7-15-10-12/h3-4,7,10-11,14H,5-6,8-9H2,1-2H3. The van der Waals surface area contributed by atoms with Gasteiger partial charge in [0.15, 0.2) is 0 Å². The molecule has 2 heteroatoms. The lowest BCUT2D eigenvalue weighted by Crippen LogP contribution is -2.38. The highest BCUT2D eigenvalue weighted by Crippen LogP contribution is 2.36. The van der Waals surface area contributed by atoms with E-state index in [2.05, 4.69) is 30.2 Å². The fraction of sp³-hybridized carbons (Fsp3) is 0.615. The van der Waals surface area contributed by atoms with Gasteiger partial charge in [0.1, 0.15) is 0 Å². The first-order chi connectivity index (χ1) is 7.21. The highest BCUT2D eigenvalue weighted by Gasteiger charge is 2.31. The molecule has 0 saturated carbocycles. The number of pyridine rings is 1. The van der Waals surface area contributed by atoms with Crippen molar-refractivity contribution in [2.45, 2.75) is 32.1 Å². The van der Waals surface area contributed by atoms with Crippen LogP contribution in [0.1, 0.15) is 32.3 Å². The average Bonchev–Trinajstić information content (AvgIpc) is 2.31. The van der Waals surface area contributed by atoms with Crippen molar-refractivity contribution in [3.05, 3.63) is 30.1 Å². The molecule has 0 spiro atoms. The third-order valence-corrected chi connectivity index (χ3v) is 3.77. The maximum Gasteiger partial charge on any atom is 0.0305 e. The van der Waals surface area contributed by atoms with Crippen LogP contribution in [-0.4, -0.2) is 18.1 Å². The fourth-order valence-corrected chi connectivity index (χ4v) is 2.52. The van der Waals surface area contributed by atoms with E-state index in [9.17, 15) is 0 Å². The molecule has 1 N–H and O–H groups in total. The van der Waals surface area contributed by atoms with Gasteiger partial charge in [0.25, 0.3) is 0 Å². The second kappa shape index (κ2) is 4.31. The van der Waals surface area contributed by atoms with Crippen molar-refractivity contribution in [1.29, 1.82) is 0 Å². The molecule has 1 fully saturated rings. The van der Waals surface area contributed by atoms with Gasteiger partial charge in [-0.25, -0.2) is 0 Å². The van der Waals surface area contributed by atoms with E-state index in [-0.39, 0.29) is 5.41 Å². The van der Waals surface area contributed by atoms with Crippen LogP contribution < -0.4 is 5.32 Å². The first kappa shape index (κ1) is 10.6. The SMILES string of the molecule is CC(C)(c1cccnc1)C1CCNCC1. The Hall–Kier alpha value is -0.890. The van der Waals surface area contributed by atoms with Crippen molar-refractivity contribution >= 4 is 0 Å². The molecular weight excluding hydrogens is 184 g/mol. The largest absolute Gasteiger partial charge is 0.317 e. The van der Waals surface area contributed by atoms with Crippen LogP contribution in [0.2, 0.25) is 0 Å². The highest BCUT2D eigenvalue weighted by atomic mass is 14.9. The number of nitrogens with one attached hydrogen (secondary N) is 1. The summed E-state index contributed by atoms with van der Waals surface area (Å²) in [5.74, 6) is 0.781. The topological polar surface area (TPSA) is 24.9 Å². The molecule has 0 unspecified atom stereocenters. The molecule has 0 amide bonds. The van der Waals surface area contributed by atoms with E-state index in [1.165, 1.54) is 18.4 Å². The molecule has 1 aromatic rings. The zero-order chi connectivity index (χ0) is 10.7. The number of hydrogen-bond acceptors (Lipinski definition) is 2. The summed E-state index contributed by atoms with van der Waals surface area (Å²) in [4.78, 5) is 4.23. The summed E-state index contributed by atoms with van der Waals surface area (Å²) >= 11 is 0. The quantitative estimate of drug-likeness (QED) is 0.800. The van der Waals surface area contributed by atoms with Crippen molar-refractivity contribution < 1.29 is 0 Å². The van der Waals surface area contributed by atoms with Crippen molar-refractivity contribution in [3.8, 4) is 0 Å². The number of piperidine rings is 1. The van der Waals surface area contributed by atoms with E-state index < -0.39 is 0 Å². The van der Waals surface area contributed by atoms with Gasteiger partial charge in [0.2, 0.25) is 0 Å². The predicted molar refractivity (Wildman–Crippen MR) is 62.9 cm³/mol. The van der Waals surface area contributed by atoms with Crippen LogP contribution >= 0.6 is 0 Å². The molecule has 82 valence electrons. The minimum atomic E-state index is 0.260. The zero-order valence-corrected chi connectivity index (χ0v) is 9.66. The predicted octanol–water partition coefficient (Wildman–Crippen LogP) is 2.36. The first-order valence-electron chi connectivity index (χ1n) is 5.82. The normalized spacial score (nSPS) is 19.1. The van der Waals surface area contributed by atoms with Gasteiger partial charge < -0.3 is 5.32 Å². The molecule has 2 heterocycles. The van der Waals surface area contributed by atoms with Gasteiger partial charge in [-0.1, -0.05) is 19.9 Å². The van der Waals surface area contributed by atoms with Gasteiger partial charge in [-0.05, 0) is 48.9 Å². The Morgan fingerprint density at radius 1 is 1.33 bits per heavy atom. The second-order valence-corrected chi connectivity index (χ2v) is 4.99. The summed E-state index contributed by atoms with van der Waals surface area (Å²) in [6, 6.07) is 4.24. The molecule has 1 saturated heterocycles. The monoisotopic (exact) mass is 204 g/mol. The summed E-state index contributed by atoms with van der Waals surface area (Å²) in [6.07, 6.45) is 6.42. The number of rotatable bonds is 2. The Morgan fingerprint density at radius 3 is 2.67 bits per heavy atom. The summed E-state index contributed by atoms with van der Waals surface area (Å²) in [6.45, 7) is 7.02. The molecule has 0 radical (unpaired) electrons.